The second-order valence-electron chi connectivity index (χ2n) is 5.82. The Bertz CT molecular complexity index is 434. The van der Waals surface area contributed by atoms with Crippen molar-refractivity contribution in [2.24, 2.45) is 17.6 Å². The van der Waals surface area contributed by atoms with Gasteiger partial charge in [0.2, 0.25) is 5.91 Å². The summed E-state index contributed by atoms with van der Waals surface area (Å²) in [5.41, 5.74) is 6.80. The van der Waals surface area contributed by atoms with E-state index >= 15 is 0 Å². The molecule has 0 aromatic heterocycles. The van der Waals surface area contributed by atoms with Gasteiger partial charge in [0, 0.05) is 25.0 Å². The first kappa shape index (κ1) is 17.0. The first-order chi connectivity index (χ1) is 9.42. The molecule has 0 heterocycles. The highest BCUT2D eigenvalue weighted by Crippen LogP contribution is 2.17. The number of hydrogen-bond donors (Lipinski definition) is 1. The summed E-state index contributed by atoms with van der Waals surface area (Å²) >= 11 is 5.95. The number of carbonyl (C=O) groups is 1. The van der Waals surface area contributed by atoms with Gasteiger partial charge in [0.15, 0.2) is 0 Å². The number of benzene rings is 1. The molecule has 1 aromatic carbocycles. The lowest BCUT2D eigenvalue weighted by Crippen LogP contribution is -2.30. The Kier molecular flexibility index (Phi) is 7.03. The molecule has 112 valence electrons. The van der Waals surface area contributed by atoms with E-state index in [4.69, 9.17) is 17.3 Å². The quantitative estimate of drug-likeness (QED) is 0.839. The lowest BCUT2D eigenvalue weighted by molar-refractivity contribution is -0.131. The minimum atomic E-state index is 0.140. The average molecular weight is 297 g/mol. The molecule has 0 aliphatic carbocycles. The second kappa shape index (κ2) is 8.28. The normalized spacial score (nSPS) is 12.5. The van der Waals surface area contributed by atoms with Crippen molar-refractivity contribution >= 4 is 17.5 Å². The maximum absolute atomic E-state index is 12.2. The lowest BCUT2D eigenvalue weighted by Gasteiger charge is -2.22. The molecule has 1 atom stereocenters. The van der Waals surface area contributed by atoms with Crippen molar-refractivity contribution in [2.75, 3.05) is 13.6 Å². The van der Waals surface area contributed by atoms with E-state index in [-0.39, 0.29) is 11.8 Å². The average Bonchev–Trinajstić information content (AvgIpc) is 2.37. The van der Waals surface area contributed by atoms with Crippen LogP contribution in [-0.2, 0) is 11.3 Å². The Morgan fingerprint density at radius 2 is 2.10 bits per heavy atom. The van der Waals surface area contributed by atoms with E-state index in [0.29, 0.717) is 30.5 Å². The summed E-state index contributed by atoms with van der Waals surface area (Å²) in [7, 11) is 1.83. The molecular formula is C16H25ClN2O. The second-order valence-corrected chi connectivity index (χ2v) is 6.25. The van der Waals surface area contributed by atoms with Crippen molar-refractivity contribution in [1.82, 2.24) is 4.90 Å². The summed E-state index contributed by atoms with van der Waals surface area (Å²) in [6.07, 6.45) is 1.51. The lowest BCUT2D eigenvalue weighted by atomic mass is 9.94. The van der Waals surface area contributed by atoms with Crippen LogP contribution < -0.4 is 5.73 Å². The van der Waals surface area contributed by atoms with Gasteiger partial charge < -0.3 is 10.6 Å². The number of rotatable bonds is 7. The molecule has 1 rings (SSSR count). The van der Waals surface area contributed by atoms with Crippen molar-refractivity contribution in [2.45, 2.75) is 33.2 Å². The van der Waals surface area contributed by atoms with Crippen LogP contribution in [0.4, 0.5) is 0 Å². The van der Waals surface area contributed by atoms with E-state index in [1.54, 1.807) is 4.90 Å². The molecule has 0 unspecified atom stereocenters. The molecule has 0 aliphatic rings. The zero-order valence-electron chi connectivity index (χ0n) is 12.6. The summed E-state index contributed by atoms with van der Waals surface area (Å²) in [5, 5.41) is 0.697. The number of nitrogens with zero attached hydrogens (tertiary/aromatic N) is 1. The van der Waals surface area contributed by atoms with Gasteiger partial charge in [0.25, 0.3) is 0 Å². The van der Waals surface area contributed by atoms with E-state index in [1.165, 1.54) is 0 Å². The Hall–Kier alpha value is -1.06. The fraction of sp³-hybridized carbons (Fsp3) is 0.562. The molecule has 1 aromatic rings. The molecule has 1 amide bonds. The Morgan fingerprint density at radius 3 is 2.65 bits per heavy atom. The Morgan fingerprint density at radius 1 is 1.40 bits per heavy atom. The van der Waals surface area contributed by atoms with Crippen LogP contribution in [-0.4, -0.2) is 24.4 Å². The molecule has 0 radical (unpaired) electrons. The molecular weight excluding hydrogens is 272 g/mol. The van der Waals surface area contributed by atoms with Gasteiger partial charge in [-0.15, -0.1) is 0 Å². The first-order valence-corrected chi connectivity index (χ1v) is 7.48. The smallest absolute Gasteiger partial charge is 0.222 e. The Labute approximate surface area is 127 Å². The largest absolute Gasteiger partial charge is 0.341 e. The maximum Gasteiger partial charge on any atom is 0.222 e. The van der Waals surface area contributed by atoms with E-state index in [0.717, 1.165) is 12.0 Å². The van der Waals surface area contributed by atoms with Crippen LogP contribution in [0.1, 0.15) is 32.3 Å². The highest BCUT2D eigenvalue weighted by atomic mass is 35.5. The summed E-state index contributed by atoms with van der Waals surface area (Å²) in [5.74, 6) is 0.972. The minimum Gasteiger partial charge on any atom is -0.341 e. The van der Waals surface area contributed by atoms with Crippen molar-refractivity contribution in [1.29, 1.82) is 0 Å². The molecule has 3 nitrogen and oxygen atoms in total. The van der Waals surface area contributed by atoms with Gasteiger partial charge in [-0.1, -0.05) is 37.6 Å². The summed E-state index contributed by atoms with van der Waals surface area (Å²) in [6.45, 7) is 5.46. The van der Waals surface area contributed by atoms with Crippen molar-refractivity contribution in [3.05, 3.63) is 34.9 Å². The summed E-state index contributed by atoms with van der Waals surface area (Å²) in [4.78, 5) is 14.0. The monoisotopic (exact) mass is 296 g/mol. The third-order valence-corrected chi connectivity index (χ3v) is 3.57. The maximum atomic E-state index is 12.2. The van der Waals surface area contributed by atoms with Gasteiger partial charge in [0.05, 0.1) is 0 Å². The van der Waals surface area contributed by atoms with Gasteiger partial charge in [-0.25, -0.2) is 0 Å². The first-order valence-electron chi connectivity index (χ1n) is 7.10. The SMILES string of the molecule is CC(C)C[C@H](CN)CC(=O)N(C)Cc1cccc(Cl)c1. The van der Waals surface area contributed by atoms with Crippen LogP contribution in [0, 0.1) is 11.8 Å². The molecule has 20 heavy (non-hydrogen) atoms. The van der Waals surface area contributed by atoms with E-state index in [1.807, 2.05) is 31.3 Å². The van der Waals surface area contributed by atoms with E-state index in [2.05, 4.69) is 13.8 Å². The van der Waals surface area contributed by atoms with Crippen LogP contribution in [0.2, 0.25) is 5.02 Å². The van der Waals surface area contributed by atoms with Gasteiger partial charge in [0.1, 0.15) is 0 Å². The van der Waals surface area contributed by atoms with Crippen molar-refractivity contribution < 1.29 is 4.79 Å². The van der Waals surface area contributed by atoms with Crippen LogP contribution >= 0.6 is 11.6 Å². The minimum absolute atomic E-state index is 0.140. The van der Waals surface area contributed by atoms with Crippen molar-refractivity contribution in [3.63, 3.8) is 0 Å². The molecule has 0 aliphatic heterocycles. The predicted molar refractivity (Wildman–Crippen MR) is 84.5 cm³/mol. The van der Waals surface area contributed by atoms with Gasteiger partial charge in [-0.2, -0.15) is 0 Å². The highest BCUT2D eigenvalue weighted by molar-refractivity contribution is 6.30. The molecule has 0 saturated carbocycles. The topological polar surface area (TPSA) is 46.3 Å². The molecule has 0 bridgehead atoms. The predicted octanol–water partition coefficient (Wildman–Crippen LogP) is 3.31. The molecule has 0 spiro atoms. The molecule has 0 saturated heterocycles. The number of halogens is 1. The standard InChI is InChI=1S/C16H25ClN2O/c1-12(2)7-14(10-18)9-16(20)19(3)11-13-5-4-6-15(17)8-13/h4-6,8,12,14H,7,9-11,18H2,1-3H3/t14-/m0/s1. The van der Waals surface area contributed by atoms with Gasteiger partial charge >= 0.3 is 0 Å². The van der Waals surface area contributed by atoms with Crippen LogP contribution in [0.25, 0.3) is 0 Å². The summed E-state index contributed by atoms with van der Waals surface area (Å²) in [6, 6.07) is 7.60. The van der Waals surface area contributed by atoms with Crippen LogP contribution in [0.5, 0.6) is 0 Å². The number of amides is 1. The van der Waals surface area contributed by atoms with Crippen LogP contribution in [0.3, 0.4) is 0 Å². The molecule has 2 N–H and O–H groups in total. The third kappa shape index (κ3) is 5.93. The fourth-order valence-corrected chi connectivity index (χ4v) is 2.54. The summed E-state index contributed by atoms with van der Waals surface area (Å²) < 4.78 is 0. The van der Waals surface area contributed by atoms with Gasteiger partial charge in [-0.3, -0.25) is 4.79 Å². The number of carbonyl (C=O) groups excluding carboxylic acids is 1. The zero-order valence-corrected chi connectivity index (χ0v) is 13.4. The third-order valence-electron chi connectivity index (χ3n) is 3.34. The highest BCUT2D eigenvalue weighted by Gasteiger charge is 2.17. The van der Waals surface area contributed by atoms with Gasteiger partial charge in [-0.05, 0) is 42.5 Å². The van der Waals surface area contributed by atoms with Crippen molar-refractivity contribution in [3.8, 4) is 0 Å². The molecule has 0 fully saturated rings. The Balaban J connectivity index is 2.54. The number of nitrogens with two attached hydrogens (primary N) is 1. The molecule has 4 heteroatoms. The fourth-order valence-electron chi connectivity index (χ4n) is 2.33. The van der Waals surface area contributed by atoms with Crippen LogP contribution in [0.15, 0.2) is 24.3 Å². The zero-order chi connectivity index (χ0) is 15.1. The number of hydrogen-bond acceptors (Lipinski definition) is 2. The van der Waals surface area contributed by atoms with E-state index in [9.17, 15) is 4.79 Å². The van der Waals surface area contributed by atoms with E-state index < -0.39 is 0 Å².